The number of hydrogen-bond donors (Lipinski definition) is 4. The summed E-state index contributed by atoms with van der Waals surface area (Å²) in [4.78, 5) is 58.6. The number of hydrogen-bond acceptors (Lipinski definition) is 14. The summed E-state index contributed by atoms with van der Waals surface area (Å²) in [5.74, 6) is -1.38. The summed E-state index contributed by atoms with van der Waals surface area (Å²) in [5, 5.41) is 37.6. The number of ether oxygens (including phenoxy) is 2. The standard InChI is InChI=1S/C23H25BN2O5.C17H15BN2O5.C6H14O2/c1-6-29-21(28)18-14-26(20-17(19(18)27)11-8-12-25-20)16-10-7-9-15(13-16)24-30-22(2,3)23(4,5)31-24;1-2-25-17(22)14-10-20(12-6-3-5-11(9-12)18(23)24)16-13(15(14)21)7-4-8-19-16;1-5(2,7)6(3,4)8/h7-14H,6H2,1-5H3;3-10,23-24H,2H2,1H3;7-8H,1-4H3. The van der Waals surface area contributed by atoms with Gasteiger partial charge in [0.05, 0.1) is 46.4 Å². The highest BCUT2D eigenvalue weighted by molar-refractivity contribution is 6.62. The van der Waals surface area contributed by atoms with E-state index in [9.17, 15) is 29.2 Å². The van der Waals surface area contributed by atoms with E-state index in [-0.39, 0.29) is 35.2 Å². The van der Waals surface area contributed by atoms with Gasteiger partial charge in [-0.2, -0.15) is 0 Å². The summed E-state index contributed by atoms with van der Waals surface area (Å²) >= 11 is 0. The molecule has 0 amide bonds. The van der Waals surface area contributed by atoms with Gasteiger partial charge < -0.3 is 48.2 Å². The fourth-order valence-electron chi connectivity index (χ4n) is 6.06. The third-order valence-corrected chi connectivity index (χ3v) is 11.1. The Hall–Kier alpha value is -6.01. The number of carbonyl (C=O) groups is 2. The first kappa shape index (κ1) is 49.0. The predicted octanol–water partition coefficient (Wildman–Crippen LogP) is 3.63. The van der Waals surface area contributed by atoms with Crippen molar-refractivity contribution in [2.24, 2.45) is 0 Å². The van der Waals surface area contributed by atoms with Crippen LogP contribution >= 0.6 is 0 Å². The van der Waals surface area contributed by atoms with E-state index < -0.39 is 59.4 Å². The summed E-state index contributed by atoms with van der Waals surface area (Å²) in [6, 6.07) is 20.6. The Balaban J connectivity index is 0.000000209. The van der Waals surface area contributed by atoms with Crippen molar-refractivity contribution in [3.05, 3.63) is 129 Å². The minimum atomic E-state index is -1.64. The van der Waals surface area contributed by atoms with Gasteiger partial charge in [0, 0.05) is 36.2 Å². The number of rotatable bonds is 9. The molecule has 7 rings (SSSR count). The van der Waals surface area contributed by atoms with E-state index in [0.29, 0.717) is 22.4 Å². The zero-order chi connectivity index (χ0) is 47.4. The van der Waals surface area contributed by atoms with Crippen LogP contribution in [0.15, 0.2) is 107 Å². The van der Waals surface area contributed by atoms with E-state index in [1.165, 1.54) is 24.7 Å². The van der Waals surface area contributed by atoms with E-state index >= 15 is 0 Å². The molecule has 1 fully saturated rings. The van der Waals surface area contributed by atoms with Crippen molar-refractivity contribution < 1.29 is 48.6 Å². The molecule has 0 radical (unpaired) electrons. The molecule has 2 aromatic carbocycles. The van der Waals surface area contributed by atoms with E-state index in [1.807, 2.05) is 52.0 Å². The second-order valence-electron chi connectivity index (χ2n) is 16.9. The van der Waals surface area contributed by atoms with E-state index in [2.05, 4.69) is 9.97 Å². The van der Waals surface area contributed by atoms with Crippen LogP contribution in [0.3, 0.4) is 0 Å². The number of carbonyl (C=O) groups excluding carboxylic acids is 2. The van der Waals surface area contributed by atoms with Crippen LogP contribution in [0.5, 0.6) is 0 Å². The topological polar surface area (TPSA) is 222 Å². The SMILES string of the molecule is CC(C)(O)C(C)(C)O.CCOC(=O)c1cn(-c2cccc(B(O)O)c2)c2ncccc2c1=O.CCOC(=O)c1cn(-c2cccc(B3OC(C)(C)C(C)(C)O3)c2)c2ncccc2c1=O. The van der Waals surface area contributed by atoms with Crippen LogP contribution in [0.1, 0.15) is 90.0 Å². The lowest BCUT2D eigenvalue weighted by Gasteiger charge is -2.32. The smallest absolute Gasteiger partial charge is 0.462 e. The minimum absolute atomic E-state index is 0.0385. The summed E-state index contributed by atoms with van der Waals surface area (Å²) in [5.41, 5.74) is -0.795. The summed E-state index contributed by atoms with van der Waals surface area (Å²) in [7, 11) is -2.17. The Morgan fingerprint density at radius 2 is 1.11 bits per heavy atom. The molecule has 64 heavy (non-hydrogen) atoms. The van der Waals surface area contributed by atoms with Crippen molar-refractivity contribution in [2.45, 2.75) is 91.6 Å². The molecule has 4 N–H and O–H groups in total. The molecule has 1 aliphatic rings. The lowest BCUT2D eigenvalue weighted by Crippen LogP contribution is -2.44. The number of benzene rings is 2. The first-order valence-electron chi connectivity index (χ1n) is 20.6. The van der Waals surface area contributed by atoms with Gasteiger partial charge in [-0.15, -0.1) is 0 Å². The molecule has 4 aromatic heterocycles. The zero-order valence-corrected chi connectivity index (χ0v) is 37.7. The first-order chi connectivity index (χ1) is 29.9. The highest BCUT2D eigenvalue weighted by Gasteiger charge is 2.51. The van der Waals surface area contributed by atoms with Crippen molar-refractivity contribution in [1.82, 2.24) is 19.1 Å². The quantitative estimate of drug-likeness (QED) is 0.120. The average Bonchev–Trinajstić information content (AvgIpc) is 3.46. The summed E-state index contributed by atoms with van der Waals surface area (Å²) in [6.45, 7) is 18.0. The molecule has 336 valence electrons. The molecule has 5 heterocycles. The second-order valence-corrected chi connectivity index (χ2v) is 16.9. The van der Waals surface area contributed by atoms with E-state index in [1.54, 1.807) is 99.3 Å². The van der Waals surface area contributed by atoms with Crippen LogP contribution in [-0.2, 0) is 18.8 Å². The lowest BCUT2D eigenvalue weighted by atomic mass is 9.79. The van der Waals surface area contributed by atoms with Crippen molar-refractivity contribution in [3.8, 4) is 11.4 Å². The number of pyridine rings is 4. The minimum Gasteiger partial charge on any atom is -0.462 e. The Kier molecular flexibility index (Phi) is 14.8. The number of esters is 2. The Morgan fingerprint density at radius 1 is 0.688 bits per heavy atom. The molecule has 0 atom stereocenters. The fraction of sp³-hybridized carbons (Fsp3) is 0.348. The third-order valence-electron chi connectivity index (χ3n) is 11.1. The molecular weight excluding hydrogens is 822 g/mol. The zero-order valence-electron chi connectivity index (χ0n) is 37.7. The van der Waals surface area contributed by atoms with Gasteiger partial charge in [-0.3, -0.25) is 9.59 Å². The maximum atomic E-state index is 12.9. The number of nitrogens with zero attached hydrogens (tertiary/aromatic N) is 4. The van der Waals surface area contributed by atoms with Crippen molar-refractivity contribution in [1.29, 1.82) is 0 Å². The molecule has 0 spiro atoms. The van der Waals surface area contributed by atoms with Gasteiger partial charge in [0.2, 0.25) is 10.9 Å². The Labute approximate surface area is 371 Å². The molecule has 18 heteroatoms. The van der Waals surface area contributed by atoms with Gasteiger partial charge in [0.25, 0.3) is 0 Å². The fourth-order valence-corrected chi connectivity index (χ4v) is 6.06. The molecule has 0 bridgehead atoms. The highest BCUT2D eigenvalue weighted by atomic mass is 16.7. The first-order valence-corrected chi connectivity index (χ1v) is 20.6. The number of aliphatic hydroxyl groups is 2. The van der Waals surface area contributed by atoms with Crippen LogP contribution in [0.2, 0.25) is 0 Å². The molecule has 16 nitrogen and oxygen atoms in total. The maximum Gasteiger partial charge on any atom is 0.494 e. The summed E-state index contributed by atoms with van der Waals surface area (Å²) in [6.07, 6.45) is 5.99. The molecule has 0 saturated carbocycles. The van der Waals surface area contributed by atoms with Gasteiger partial charge in [0.15, 0.2) is 0 Å². The van der Waals surface area contributed by atoms with Crippen molar-refractivity contribution in [2.75, 3.05) is 13.2 Å². The van der Waals surface area contributed by atoms with Gasteiger partial charge >= 0.3 is 26.2 Å². The van der Waals surface area contributed by atoms with Crippen LogP contribution in [0.4, 0.5) is 0 Å². The van der Waals surface area contributed by atoms with Gasteiger partial charge in [-0.05, 0) is 129 Å². The van der Waals surface area contributed by atoms with Crippen LogP contribution in [0, 0.1) is 0 Å². The predicted molar refractivity (Wildman–Crippen MR) is 245 cm³/mol. The van der Waals surface area contributed by atoms with Crippen molar-refractivity contribution >= 4 is 59.2 Å². The van der Waals surface area contributed by atoms with Gasteiger partial charge in [-0.1, -0.05) is 24.3 Å². The van der Waals surface area contributed by atoms with Crippen LogP contribution < -0.4 is 21.8 Å². The maximum absolute atomic E-state index is 12.9. The highest BCUT2D eigenvalue weighted by Crippen LogP contribution is 2.36. The molecule has 0 aliphatic carbocycles. The van der Waals surface area contributed by atoms with E-state index in [0.717, 1.165) is 11.2 Å². The summed E-state index contributed by atoms with van der Waals surface area (Å²) < 4.78 is 25.7. The monoisotopic (exact) mass is 876 g/mol. The average molecular weight is 877 g/mol. The molecule has 6 aromatic rings. The lowest BCUT2D eigenvalue weighted by molar-refractivity contribution is -0.107. The normalized spacial score (nSPS) is 14.2. The van der Waals surface area contributed by atoms with Gasteiger partial charge in [-0.25, -0.2) is 19.6 Å². The number of aromatic nitrogens is 4. The number of fused-ring (bicyclic) bond motifs is 2. The third kappa shape index (κ3) is 10.7. The largest absolute Gasteiger partial charge is 0.494 e. The Morgan fingerprint density at radius 3 is 1.52 bits per heavy atom. The van der Waals surface area contributed by atoms with Crippen LogP contribution in [-0.4, -0.2) is 101 Å². The molecular formula is C46H54B2N4O12. The molecule has 1 saturated heterocycles. The molecule has 0 unspecified atom stereocenters. The second kappa shape index (κ2) is 19.4. The van der Waals surface area contributed by atoms with Crippen molar-refractivity contribution in [3.63, 3.8) is 0 Å². The van der Waals surface area contributed by atoms with Crippen LogP contribution in [0.25, 0.3) is 33.4 Å². The Bertz CT molecular complexity index is 2750. The van der Waals surface area contributed by atoms with E-state index in [4.69, 9.17) is 29.0 Å². The van der Waals surface area contributed by atoms with Gasteiger partial charge in [0.1, 0.15) is 22.4 Å². The molecule has 1 aliphatic heterocycles.